The van der Waals surface area contributed by atoms with Crippen molar-refractivity contribution in [3.63, 3.8) is 0 Å². The first kappa shape index (κ1) is 29.0. The van der Waals surface area contributed by atoms with E-state index in [4.69, 9.17) is 9.72 Å². The molecule has 0 amide bonds. The van der Waals surface area contributed by atoms with Crippen LogP contribution in [0.5, 0.6) is 0 Å². The van der Waals surface area contributed by atoms with Crippen LogP contribution in [0.15, 0.2) is 35.3 Å². The molecule has 3 aromatic rings. The number of nitrogens with one attached hydrogen (secondary N) is 2. The summed E-state index contributed by atoms with van der Waals surface area (Å²) in [6.07, 6.45) is 5.54. The maximum absolute atomic E-state index is 12.9. The molecule has 0 aliphatic carbocycles. The Bertz CT molecular complexity index is 1340. The predicted octanol–water partition coefficient (Wildman–Crippen LogP) is 5.20. The van der Waals surface area contributed by atoms with E-state index in [9.17, 15) is 9.59 Å². The average Bonchev–Trinajstić information content (AvgIpc) is 3.23. The average molecular weight is 536 g/mol. The van der Waals surface area contributed by atoms with Gasteiger partial charge >= 0.3 is 5.97 Å². The van der Waals surface area contributed by atoms with Crippen LogP contribution in [-0.2, 0) is 16.1 Å². The number of piperidine rings is 1. The quantitative estimate of drug-likeness (QED) is 0.366. The maximum Gasteiger partial charge on any atom is 0.323 e. The third-order valence-corrected chi connectivity index (χ3v) is 7.43. The van der Waals surface area contributed by atoms with E-state index in [0.29, 0.717) is 24.1 Å². The molecule has 1 saturated heterocycles. The predicted molar refractivity (Wildman–Crippen MR) is 157 cm³/mol. The number of aromatic amines is 1. The number of carbonyl (C=O) groups excluding carboxylic acids is 1. The van der Waals surface area contributed by atoms with Gasteiger partial charge in [-0.15, -0.1) is 0 Å². The minimum Gasteiger partial charge on any atom is -0.459 e. The van der Waals surface area contributed by atoms with E-state index in [1.165, 1.54) is 0 Å². The van der Waals surface area contributed by atoms with Gasteiger partial charge in [-0.3, -0.25) is 9.59 Å². The number of nitrogens with zero attached hydrogens (tertiary/aromatic N) is 3. The van der Waals surface area contributed by atoms with Crippen LogP contribution in [0.3, 0.4) is 0 Å². The van der Waals surface area contributed by atoms with Crippen LogP contribution in [-0.4, -0.2) is 57.2 Å². The second kappa shape index (κ2) is 12.0. The van der Waals surface area contributed by atoms with Gasteiger partial charge in [-0.1, -0.05) is 19.9 Å². The third kappa shape index (κ3) is 7.37. The number of aryl methyl sites for hydroxylation is 1. The topological polar surface area (TPSA) is 92.2 Å². The van der Waals surface area contributed by atoms with Crippen LogP contribution < -0.4 is 10.9 Å². The lowest BCUT2D eigenvalue weighted by molar-refractivity contribution is -0.157. The molecule has 2 aromatic heterocycles. The van der Waals surface area contributed by atoms with E-state index in [2.05, 4.69) is 58.9 Å². The van der Waals surface area contributed by atoms with Crippen LogP contribution in [0.4, 0.5) is 0 Å². The SMILES string of the molecule is Cc1cc(-c2nc3cc(CN[C@@H](CCC(C)C)C(=O)OC(C)(C)C)ccc3n2C2CCN(C)CC2)c[nH]c1=O. The van der Waals surface area contributed by atoms with Crippen molar-refractivity contribution in [1.82, 2.24) is 24.8 Å². The molecule has 39 heavy (non-hydrogen) atoms. The van der Waals surface area contributed by atoms with Crippen molar-refractivity contribution in [2.75, 3.05) is 20.1 Å². The van der Waals surface area contributed by atoms with Crippen LogP contribution in [0.25, 0.3) is 22.4 Å². The minimum absolute atomic E-state index is 0.0777. The Kier molecular flexibility index (Phi) is 8.96. The third-order valence-electron chi connectivity index (χ3n) is 7.43. The molecule has 212 valence electrons. The lowest BCUT2D eigenvalue weighted by atomic mass is 10.0. The Morgan fingerprint density at radius 2 is 1.90 bits per heavy atom. The number of esters is 1. The summed E-state index contributed by atoms with van der Waals surface area (Å²) in [5.74, 6) is 1.19. The lowest BCUT2D eigenvalue weighted by Crippen LogP contribution is -2.41. The summed E-state index contributed by atoms with van der Waals surface area (Å²) >= 11 is 0. The Hall–Kier alpha value is -2.97. The van der Waals surface area contributed by atoms with Gasteiger partial charge in [0.2, 0.25) is 0 Å². The Morgan fingerprint density at radius 3 is 2.54 bits per heavy atom. The molecule has 0 radical (unpaired) electrons. The van der Waals surface area contributed by atoms with Crippen molar-refractivity contribution in [2.45, 2.75) is 91.5 Å². The van der Waals surface area contributed by atoms with Crippen molar-refractivity contribution < 1.29 is 9.53 Å². The Labute approximate surface area is 232 Å². The fourth-order valence-corrected chi connectivity index (χ4v) is 5.22. The van der Waals surface area contributed by atoms with Gasteiger partial charge in [0.15, 0.2) is 0 Å². The van der Waals surface area contributed by atoms with E-state index >= 15 is 0 Å². The maximum atomic E-state index is 12.9. The van der Waals surface area contributed by atoms with Crippen LogP contribution in [0, 0.1) is 12.8 Å². The molecule has 8 heteroatoms. The molecule has 3 heterocycles. The van der Waals surface area contributed by atoms with Crippen molar-refractivity contribution in [3.05, 3.63) is 51.9 Å². The van der Waals surface area contributed by atoms with Crippen molar-refractivity contribution >= 4 is 17.0 Å². The second-order valence-electron chi connectivity index (χ2n) is 12.5. The number of carbonyl (C=O) groups is 1. The molecule has 1 aliphatic rings. The molecule has 4 rings (SSSR count). The second-order valence-corrected chi connectivity index (χ2v) is 12.5. The minimum atomic E-state index is -0.523. The van der Waals surface area contributed by atoms with E-state index in [0.717, 1.165) is 66.8 Å². The highest BCUT2D eigenvalue weighted by Crippen LogP contribution is 2.33. The first-order chi connectivity index (χ1) is 18.4. The number of aromatic nitrogens is 3. The summed E-state index contributed by atoms with van der Waals surface area (Å²) in [6.45, 7) is 14.5. The summed E-state index contributed by atoms with van der Waals surface area (Å²) in [5, 5.41) is 3.46. The monoisotopic (exact) mass is 535 g/mol. The molecular weight excluding hydrogens is 490 g/mol. The molecule has 0 bridgehead atoms. The Morgan fingerprint density at radius 1 is 1.18 bits per heavy atom. The smallest absolute Gasteiger partial charge is 0.323 e. The number of fused-ring (bicyclic) bond motifs is 1. The van der Waals surface area contributed by atoms with Crippen LogP contribution >= 0.6 is 0 Å². The fraction of sp³-hybridized carbons (Fsp3) is 0.581. The van der Waals surface area contributed by atoms with Crippen LogP contribution in [0.1, 0.15) is 77.5 Å². The van der Waals surface area contributed by atoms with Gasteiger partial charge in [0, 0.05) is 29.9 Å². The number of hydrogen-bond acceptors (Lipinski definition) is 6. The molecular formula is C31H45N5O3. The molecule has 0 saturated carbocycles. The number of benzene rings is 1. The van der Waals surface area contributed by atoms with Gasteiger partial charge in [0.25, 0.3) is 5.56 Å². The van der Waals surface area contributed by atoms with Crippen molar-refractivity contribution in [3.8, 4) is 11.4 Å². The highest BCUT2D eigenvalue weighted by molar-refractivity contribution is 5.81. The number of H-pyrrole nitrogens is 1. The number of likely N-dealkylation sites (tertiary alicyclic amines) is 1. The lowest BCUT2D eigenvalue weighted by Gasteiger charge is -2.31. The van der Waals surface area contributed by atoms with Crippen LogP contribution in [0.2, 0.25) is 0 Å². The van der Waals surface area contributed by atoms with Crippen molar-refractivity contribution in [2.24, 2.45) is 5.92 Å². The number of pyridine rings is 1. The zero-order chi connectivity index (χ0) is 28.3. The van der Waals surface area contributed by atoms with Gasteiger partial charge in [-0.05, 0) is 103 Å². The first-order valence-electron chi connectivity index (χ1n) is 14.3. The van der Waals surface area contributed by atoms with E-state index < -0.39 is 5.60 Å². The summed E-state index contributed by atoms with van der Waals surface area (Å²) in [7, 11) is 2.17. The summed E-state index contributed by atoms with van der Waals surface area (Å²) in [6, 6.07) is 8.29. The number of rotatable bonds is 9. The molecule has 0 spiro atoms. The molecule has 8 nitrogen and oxygen atoms in total. The molecule has 0 unspecified atom stereocenters. The number of ether oxygens (including phenoxy) is 1. The number of imidazole rings is 1. The normalized spacial score (nSPS) is 16.2. The Balaban J connectivity index is 1.64. The van der Waals surface area contributed by atoms with Gasteiger partial charge in [-0.25, -0.2) is 4.98 Å². The highest BCUT2D eigenvalue weighted by Gasteiger charge is 2.26. The van der Waals surface area contributed by atoms with Gasteiger partial charge < -0.3 is 24.5 Å². The van der Waals surface area contributed by atoms with Gasteiger partial charge in [-0.2, -0.15) is 0 Å². The summed E-state index contributed by atoms with van der Waals surface area (Å²) in [5.41, 5.74) is 4.07. The number of hydrogen-bond donors (Lipinski definition) is 2. The van der Waals surface area contributed by atoms with Crippen molar-refractivity contribution in [1.29, 1.82) is 0 Å². The largest absolute Gasteiger partial charge is 0.459 e. The zero-order valence-corrected chi connectivity index (χ0v) is 24.6. The molecule has 1 aliphatic heterocycles. The fourth-order valence-electron chi connectivity index (χ4n) is 5.22. The van der Waals surface area contributed by atoms with Gasteiger partial charge in [0.05, 0.1) is 11.0 Å². The first-order valence-corrected chi connectivity index (χ1v) is 14.3. The zero-order valence-electron chi connectivity index (χ0n) is 24.6. The molecule has 1 aromatic carbocycles. The molecule has 2 N–H and O–H groups in total. The van der Waals surface area contributed by atoms with Gasteiger partial charge in [0.1, 0.15) is 17.5 Å². The van der Waals surface area contributed by atoms with E-state index in [1.54, 1.807) is 6.20 Å². The van der Waals surface area contributed by atoms with E-state index in [1.807, 2.05) is 33.8 Å². The summed E-state index contributed by atoms with van der Waals surface area (Å²) < 4.78 is 8.07. The molecule has 1 atom stereocenters. The molecule has 1 fully saturated rings. The summed E-state index contributed by atoms with van der Waals surface area (Å²) in [4.78, 5) is 35.3. The highest BCUT2D eigenvalue weighted by atomic mass is 16.6. The standard InChI is InChI=1S/C31H45N5O3/c1-20(2)8-10-25(30(38)39-31(4,5)6)32-18-22-9-11-27-26(17-22)34-28(23-16-21(3)29(37)33-19-23)36(27)24-12-14-35(7)15-13-24/h9,11,16-17,19-20,24-25,32H,8,10,12-15,18H2,1-7H3,(H,33,37)/t25-/m0/s1. The van der Waals surface area contributed by atoms with E-state index in [-0.39, 0.29) is 17.6 Å².